The summed E-state index contributed by atoms with van der Waals surface area (Å²) in [5, 5.41) is 0. The van der Waals surface area contributed by atoms with Gasteiger partial charge < -0.3 is 9.64 Å². The van der Waals surface area contributed by atoms with E-state index < -0.39 is 0 Å². The first-order chi connectivity index (χ1) is 8.65. The molecule has 4 nitrogen and oxygen atoms in total. The number of aromatic nitrogens is 1. The third-order valence-corrected chi connectivity index (χ3v) is 3.65. The lowest BCUT2D eigenvalue weighted by Gasteiger charge is -2.28. The predicted molar refractivity (Wildman–Crippen MR) is 80.4 cm³/mol. The zero-order valence-corrected chi connectivity index (χ0v) is 13.2. The molecule has 0 unspecified atom stereocenters. The molecule has 1 aromatic rings. The van der Waals surface area contributed by atoms with Gasteiger partial charge in [-0.15, -0.1) is 0 Å². The minimum absolute atomic E-state index is 0.721. The van der Waals surface area contributed by atoms with Gasteiger partial charge in [0.1, 0.15) is 3.70 Å². The van der Waals surface area contributed by atoms with E-state index in [1.807, 2.05) is 0 Å². The molecule has 1 aliphatic rings. The van der Waals surface area contributed by atoms with E-state index in [-0.39, 0.29) is 0 Å². The molecule has 0 fully saturated rings. The van der Waals surface area contributed by atoms with E-state index in [9.17, 15) is 0 Å². The van der Waals surface area contributed by atoms with E-state index in [0.29, 0.717) is 0 Å². The highest BCUT2D eigenvalue weighted by Crippen LogP contribution is 2.18. The monoisotopic (exact) mass is 361 g/mol. The van der Waals surface area contributed by atoms with Gasteiger partial charge in [0.2, 0.25) is 0 Å². The normalized spacial score (nSPS) is 16.0. The van der Waals surface area contributed by atoms with Crippen molar-refractivity contribution in [1.29, 1.82) is 0 Å². The first-order valence-corrected chi connectivity index (χ1v) is 7.32. The van der Waals surface area contributed by atoms with Crippen LogP contribution in [-0.2, 0) is 17.7 Å². The highest BCUT2D eigenvalue weighted by Gasteiger charge is 2.17. The Kier molecular flexibility index (Phi) is 5.35. The summed E-state index contributed by atoms with van der Waals surface area (Å²) in [6, 6.07) is 4.27. The lowest BCUT2D eigenvalue weighted by atomic mass is 10.1. The van der Waals surface area contributed by atoms with Crippen LogP contribution in [-0.4, -0.2) is 55.3 Å². The molecule has 0 saturated carbocycles. The Hall–Kier alpha value is -0.240. The van der Waals surface area contributed by atoms with E-state index >= 15 is 0 Å². The molecule has 100 valence electrons. The number of pyridine rings is 1. The summed E-state index contributed by atoms with van der Waals surface area (Å²) in [5.41, 5.74) is 2.60. The Morgan fingerprint density at radius 3 is 3.06 bits per heavy atom. The predicted octanol–water partition coefficient (Wildman–Crippen LogP) is 1.58. The van der Waals surface area contributed by atoms with Gasteiger partial charge >= 0.3 is 0 Å². The molecule has 0 amide bonds. The van der Waals surface area contributed by atoms with Gasteiger partial charge in [-0.3, -0.25) is 4.90 Å². The molecule has 1 aliphatic heterocycles. The van der Waals surface area contributed by atoms with E-state index in [1.165, 1.54) is 11.3 Å². The topological polar surface area (TPSA) is 28.6 Å². The summed E-state index contributed by atoms with van der Waals surface area (Å²) < 4.78 is 6.77. The van der Waals surface area contributed by atoms with Crippen LogP contribution in [0.4, 0.5) is 0 Å². The molecule has 5 heteroatoms. The van der Waals surface area contributed by atoms with Gasteiger partial charge in [-0.05, 0) is 48.3 Å². The molecule has 2 rings (SSSR count). The Bertz CT molecular complexity index is 398. The van der Waals surface area contributed by atoms with Crippen LogP contribution in [0.25, 0.3) is 0 Å². The van der Waals surface area contributed by atoms with E-state index in [2.05, 4.69) is 63.6 Å². The molecule has 0 atom stereocenters. The van der Waals surface area contributed by atoms with Crippen LogP contribution in [0.1, 0.15) is 11.3 Å². The standard InChI is InChI=1S/C13H20IN3O/c1-16(2)7-8-18-10-17-6-5-12-11(9-17)3-4-13(14)15-12/h3-4H,5-10H2,1-2H3. The number of ether oxygens (including phenoxy) is 1. The van der Waals surface area contributed by atoms with Crippen LogP contribution in [0.2, 0.25) is 0 Å². The van der Waals surface area contributed by atoms with Gasteiger partial charge in [0.05, 0.1) is 13.3 Å². The first kappa shape index (κ1) is 14.2. The fourth-order valence-electron chi connectivity index (χ4n) is 2.00. The maximum absolute atomic E-state index is 5.69. The Morgan fingerprint density at radius 2 is 2.28 bits per heavy atom. The van der Waals surface area contributed by atoms with Crippen molar-refractivity contribution in [3.05, 3.63) is 27.1 Å². The van der Waals surface area contributed by atoms with Crippen molar-refractivity contribution in [3.63, 3.8) is 0 Å². The molecule has 0 bridgehead atoms. The molecular weight excluding hydrogens is 341 g/mol. The fraction of sp³-hybridized carbons (Fsp3) is 0.615. The van der Waals surface area contributed by atoms with Gasteiger partial charge in [0.15, 0.2) is 0 Å². The second kappa shape index (κ2) is 6.79. The molecule has 0 aromatic carbocycles. The SMILES string of the molecule is CN(C)CCOCN1CCc2nc(I)ccc2C1. The van der Waals surface area contributed by atoms with Crippen LogP contribution in [0.5, 0.6) is 0 Å². The average molecular weight is 361 g/mol. The van der Waals surface area contributed by atoms with Crippen molar-refractivity contribution in [2.24, 2.45) is 0 Å². The molecule has 0 radical (unpaired) electrons. The molecule has 0 aliphatic carbocycles. The van der Waals surface area contributed by atoms with E-state index in [4.69, 9.17) is 4.74 Å². The molecule has 2 heterocycles. The Balaban J connectivity index is 1.79. The Morgan fingerprint density at radius 1 is 1.44 bits per heavy atom. The lowest BCUT2D eigenvalue weighted by Crippen LogP contribution is -2.34. The van der Waals surface area contributed by atoms with Crippen LogP contribution < -0.4 is 0 Å². The van der Waals surface area contributed by atoms with Gasteiger partial charge in [0, 0.05) is 31.7 Å². The summed E-state index contributed by atoms with van der Waals surface area (Å²) in [6.07, 6.45) is 1.03. The summed E-state index contributed by atoms with van der Waals surface area (Å²) in [4.78, 5) is 9.06. The zero-order valence-electron chi connectivity index (χ0n) is 11.0. The van der Waals surface area contributed by atoms with Crippen molar-refractivity contribution >= 4 is 22.6 Å². The number of hydrogen-bond donors (Lipinski definition) is 0. The molecule has 18 heavy (non-hydrogen) atoms. The molecular formula is C13H20IN3O. The van der Waals surface area contributed by atoms with Crippen molar-refractivity contribution in [1.82, 2.24) is 14.8 Å². The minimum Gasteiger partial charge on any atom is -0.365 e. The maximum atomic E-state index is 5.69. The van der Waals surface area contributed by atoms with Crippen molar-refractivity contribution < 1.29 is 4.74 Å². The van der Waals surface area contributed by atoms with E-state index in [1.54, 1.807) is 0 Å². The second-order valence-corrected chi connectivity index (χ2v) is 5.99. The summed E-state index contributed by atoms with van der Waals surface area (Å²) in [5.74, 6) is 0. The smallest absolute Gasteiger partial charge is 0.101 e. The highest BCUT2D eigenvalue weighted by molar-refractivity contribution is 14.1. The van der Waals surface area contributed by atoms with E-state index in [0.717, 1.165) is 43.1 Å². The number of hydrogen-bond acceptors (Lipinski definition) is 4. The third-order valence-electron chi connectivity index (χ3n) is 3.05. The highest BCUT2D eigenvalue weighted by atomic mass is 127. The van der Waals surface area contributed by atoms with Crippen molar-refractivity contribution in [2.75, 3.05) is 40.5 Å². The molecule has 1 aromatic heterocycles. The minimum atomic E-state index is 0.721. The zero-order chi connectivity index (χ0) is 13.0. The number of likely N-dealkylation sites (N-methyl/N-ethyl adjacent to an activating group) is 1. The van der Waals surface area contributed by atoms with Crippen LogP contribution in [0.15, 0.2) is 12.1 Å². The number of halogens is 1. The van der Waals surface area contributed by atoms with Gasteiger partial charge in [-0.2, -0.15) is 0 Å². The van der Waals surface area contributed by atoms with Gasteiger partial charge in [-0.1, -0.05) is 6.07 Å². The number of nitrogens with zero attached hydrogens (tertiary/aromatic N) is 3. The quantitative estimate of drug-likeness (QED) is 0.452. The number of rotatable bonds is 5. The largest absolute Gasteiger partial charge is 0.365 e. The summed E-state index contributed by atoms with van der Waals surface area (Å²) in [6.45, 7) is 4.49. The van der Waals surface area contributed by atoms with Gasteiger partial charge in [0.25, 0.3) is 0 Å². The lowest BCUT2D eigenvalue weighted by molar-refractivity contribution is 0.0154. The Labute approximate surface area is 122 Å². The summed E-state index contributed by atoms with van der Waals surface area (Å²) in [7, 11) is 4.13. The van der Waals surface area contributed by atoms with Crippen LogP contribution >= 0.6 is 22.6 Å². The molecule has 0 N–H and O–H groups in total. The summed E-state index contributed by atoms with van der Waals surface area (Å²) >= 11 is 2.27. The van der Waals surface area contributed by atoms with Gasteiger partial charge in [-0.25, -0.2) is 4.98 Å². The maximum Gasteiger partial charge on any atom is 0.101 e. The first-order valence-electron chi connectivity index (χ1n) is 6.24. The van der Waals surface area contributed by atoms with Crippen molar-refractivity contribution in [2.45, 2.75) is 13.0 Å². The third kappa shape index (κ3) is 4.15. The van der Waals surface area contributed by atoms with Crippen molar-refractivity contribution in [3.8, 4) is 0 Å². The average Bonchev–Trinajstić information content (AvgIpc) is 2.34. The van der Waals surface area contributed by atoms with Crippen LogP contribution in [0.3, 0.4) is 0 Å². The fourth-order valence-corrected chi connectivity index (χ4v) is 2.47. The van der Waals surface area contributed by atoms with Crippen LogP contribution in [0, 0.1) is 3.70 Å². The molecule has 0 saturated heterocycles. The number of fused-ring (bicyclic) bond motifs is 1. The second-order valence-electron chi connectivity index (χ2n) is 4.88. The molecule has 0 spiro atoms.